The second kappa shape index (κ2) is 3.38. The number of Topliss-reactive ketones (excluding diaryl/α,β-unsaturated/α-hetero) is 1. The summed E-state index contributed by atoms with van der Waals surface area (Å²) in [6.07, 6.45) is 1.49. The summed E-state index contributed by atoms with van der Waals surface area (Å²) in [7, 11) is 0. The van der Waals surface area contributed by atoms with Gasteiger partial charge in [0.05, 0.1) is 13.0 Å². The zero-order chi connectivity index (χ0) is 10.1. The van der Waals surface area contributed by atoms with Crippen molar-refractivity contribution in [2.24, 2.45) is 0 Å². The van der Waals surface area contributed by atoms with E-state index >= 15 is 0 Å². The molecule has 4 nitrogen and oxygen atoms in total. The third-order valence-corrected chi connectivity index (χ3v) is 2.21. The molecule has 1 fully saturated rings. The summed E-state index contributed by atoms with van der Waals surface area (Å²) in [6, 6.07) is 3.22. The number of nitrogens with zero attached hydrogens (tertiary/aromatic N) is 2. The summed E-state index contributed by atoms with van der Waals surface area (Å²) >= 11 is 5.67. The monoisotopic (exact) mass is 210 g/mol. The molecule has 1 saturated heterocycles. The van der Waals surface area contributed by atoms with Crippen molar-refractivity contribution in [1.82, 2.24) is 4.98 Å². The van der Waals surface area contributed by atoms with Crippen LogP contribution in [0.4, 0.5) is 5.69 Å². The van der Waals surface area contributed by atoms with Crippen LogP contribution in [0.15, 0.2) is 18.3 Å². The molecule has 1 aromatic rings. The highest BCUT2D eigenvalue weighted by atomic mass is 35.5. The average molecular weight is 211 g/mol. The maximum atomic E-state index is 11.3. The lowest BCUT2D eigenvalue weighted by atomic mass is 10.3. The van der Waals surface area contributed by atoms with Gasteiger partial charge in [-0.15, -0.1) is 0 Å². The lowest BCUT2D eigenvalue weighted by Gasteiger charge is -2.13. The van der Waals surface area contributed by atoms with Gasteiger partial charge in [-0.1, -0.05) is 11.6 Å². The van der Waals surface area contributed by atoms with Crippen LogP contribution in [-0.2, 0) is 9.59 Å². The topological polar surface area (TPSA) is 50.3 Å². The normalized spacial score (nSPS) is 16.5. The third kappa shape index (κ3) is 1.61. The Labute approximate surface area is 85.5 Å². The molecular weight excluding hydrogens is 204 g/mol. The Morgan fingerprint density at radius 3 is 2.79 bits per heavy atom. The molecule has 2 heterocycles. The number of halogens is 1. The van der Waals surface area contributed by atoms with E-state index in [0.717, 1.165) is 0 Å². The molecule has 5 heteroatoms. The number of aromatic nitrogens is 1. The molecule has 1 aliphatic heterocycles. The number of ketones is 1. The van der Waals surface area contributed by atoms with Crippen LogP contribution >= 0.6 is 11.6 Å². The van der Waals surface area contributed by atoms with Gasteiger partial charge in [0, 0.05) is 11.9 Å². The molecule has 1 aliphatic rings. The van der Waals surface area contributed by atoms with Crippen LogP contribution in [0.2, 0.25) is 5.15 Å². The fraction of sp³-hybridized carbons (Fsp3) is 0.222. The van der Waals surface area contributed by atoms with E-state index in [-0.39, 0.29) is 24.7 Å². The molecule has 14 heavy (non-hydrogen) atoms. The molecule has 0 aromatic carbocycles. The van der Waals surface area contributed by atoms with Crippen LogP contribution in [0, 0.1) is 0 Å². The van der Waals surface area contributed by atoms with Gasteiger partial charge in [-0.3, -0.25) is 9.59 Å². The van der Waals surface area contributed by atoms with Crippen LogP contribution in [0.5, 0.6) is 0 Å². The van der Waals surface area contributed by atoms with Gasteiger partial charge in [0.25, 0.3) is 0 Å². The lowest BCUT2D eigenvalue weighted by molar-refractivity contribution is -0.121. The van der Waals surface area contributed by atoms with Crippen molar-refractivity contribution in [2.45, 2.75) is 6.42 Å². The zero-order valence-corrected chi connectivity index (χ0v) is 7.99. The largest absolute Gasteiger partial charge is 0.304 e. The molecule has 0 atom stereocenters. The number of hydrogen-bond acceptors (Lipinski definition) is 3. The number of rotatable bonds is 1. The highest BCUT2D eigenvalue weighted by Gasteiger charge is 2.28. The van der Waals surface area contributed by atoms with Crippen LogP contribution in [0.3, 0.4) is 0 Å². The van der Waals surface area contributed by atoms with Crippen molar-refractivity contribution in [1.29, 1.82) is 0 Å². The van der Waals surface area contributed by atoms with Crippen molar-refractivity contribution in [3.05, 3.63) is 23.5 Å². The molecule has 0 unspecified atom stereocenters. The number of carbonyl (C=O) groups is 2. The van der Waals surface area contributed by atoms with E-state index in [4.69, 9.17) is 11.6 Å². The van der Waals surface area contributed by atoms with Crippen molar-refractivity contribution in [2.75, 3.05) is 11.4 Å². The molecule has 72 valence electrons. The van der Waals surface area contributed by atoms with E-state index in [2.05, 4.69) is 4.98 Å². The molecule has 1 amide bonds. The summed E-state index contributed by atoms with van der Waals surface area (Å²) in [5.74, 6) is -0.250. The Morgan fingerprint density at radius 1 is 1.43 bits per heavy atom. The number of anilines is 1. The van der Waals surface area contributed by atoms with E-state index in [1.54, 1.807) is 12.1 Å². The van der Waals surface area contributed by atoms with E-state index in [9.17, 15) is 9.59 Å². The summed E-state index contributed by atoms with van der Waals surface area (Å²) in [6.45, 7) is 0.138. The van der Waals surface area contributed by atoms with E-state index < -0.39 is 0 Å². The summed E-state index contributed by atoms with van der Waals surface area (Å²) in [5.41, 5.74) is 0.626. The summed E-state index contributed by atoms with van der Waals surface area (Å²) in [4.78, 5) is 27.6. The number of pyridine rings is 1. The maximum absolute atomic E-state index is 11.3. The minimum atomic E-state index is -0.183. The van der Waals surface area contributed by atoms with Crippen molar-refractivity contribution >= 4 is 29.0 Å². The third-order valence-electron chi connectivity index (χ3n) is 2.01. The van der Waals surface area contributed by atoms with Crippen LogP contribution < -0.4 is 4.90 Å². The molecule has 0 saturated carbocycles. The second-order valence-corrected chi connectivity index (χ2v) is 3.42. The van der Waals surface area contributed by atoms with Crippen molar-refractivity contribution < 1.29 is 9.59 Å². The van der Waals surface area contributed by atoms with Crippen LogP contribution in [-0.4, -0.2) is 23.2 Å². The van der Waals surface area contributed by atoms with Crippen LogP contribution in [0.25, 0.3) is 0 Å². The minimum absolute atomic E-state index is 0.0139. The fourth-order valence-electron chi connectivity index (χ4n) is 1.38. The Kier molecular flexibility index (Phi) is 2.21. The first kappa shape index (κ1) is 9.15. The first-order chi connectivity index (χ1) is 6.66. The SMILES string of the molecule is O=C1CC(=O)N(c2ccnc(Cl)c2)C1. The second-order valence-electron chi connectivity index (χ2n) is 3.03. The highest BCUT2D eigenvalue weighted by Crippen LogP contribution is 2.21. The zero-order valence-electron chi connectivity index (χ0n) is 7.24. The standard InChI is InChI=1S/C9H7ClN2O2/c10-8-3-6(1-2-11-8)12-5-7(13)4-9(12)14/h1-3H,4-5H2. The molecule has 0 aliphatic carbocycles. The minimum Gasteiger partial charge on any atom is -0.304 e. The first-order valence-electron chi connectivity index (χ1n) is 4.10. The van der Waals surface area contributed by atoms with Gasteiger partial charge in [0.1, 0.15) is 5.15 Å². The molecule has 2 rings (SSSR count). The molecular formula is C9H7ClN2O2. The molecule has 0 radical (unpaired) electrons. The van der Waals surface area contributed by atoms with E-state index in [1.165, 1.54) is 11.1 Å². The van der Waals surface area contributed by atoms with Crippen LogP contribution in [0.1, 0.15) is 6.42 Å². The molecule has 0 spiro atoms. The number of carbonyl (C=O) groups excluding carboxylic acids is 2. The predicted octanol–water partition coefficient (Wildman–Crippen LogP) is 1.04. The van der Waals surface area contributed by atoms with Crippen molar-refractivity contribution in [3.8, 4) is 0 Å². The van der Waals surface area contributed by atoms with Gasteiger partial charge in [-0.25, -0.2) is 4.98 Å². The van der Waals surface area contributed by atoms with Gasteiger partial charge >= 0.3 is 0 Å². The fourth-order valence-corrected chi connectivity index (χ4v) is 1.55. The smallest absolute Gasteiger partial charge is 0.234 e. The quantitative estimate of drug-likeness (QED) is 0.514. The summed E-state index contributed by atoms with van der Waals surface area (Å²) in [5, 5.41) is 0.314. The Bertz CT molecular complexity index is 406. The molecule has 0 N–H and O–H groups in total. The predicted molar refractivity (Wildman–Crippen MR) is 51.2 cm³/mol. The van der Waals surface area contributed by atoms with Gasteiger partial charge in [0.2, 0.25) is 5.91 Å². The lowest BCUT2D eigenvalue weighted by Crippen LogP contribution is -2.24. The van der Waals surface area contributed by atoms with Gasteiger partial charge in [0.15, 0.2) is 5.78 Å². The van der Waals surface area contributed by atoms with Gasteiger partial charge in [-0.05, 0) is 12.1 Å². The Balaban J connectivity index is 2.31. The van der Waals surface area contributed by atoms with E-state index in [0.29, 0.717) is 10.8 Å². The maximum Gasteiger partial charge on any atom is 0.234 e. The van der Waals surface area contributed by atoms with Gasteiger partial charge in [-0.2, -0.15) is 0 Å². The molecule has 1 aromatic heterocycles. The first-order valence-corrected chi connectivity index (χ1v) is 4.48. The van der Waals surface area contributed by atoms with Crippen molar-refractivity contribution in [3.63, 3.8) is 0 Å². The molecule has 0 bridgehead atoms. The van der Waals surface area contributed by atoms with Gasteiger partial charge < -0.3 is 4.90 Å². The average Bonchev–Trinajstić information content (AvgIpc) is 2.45. The Morgan fingerprint density at radius 2 is 2.21 bits per heavy atom. The number of amides is 1. The number of hydrogen-bond donors (Lipinski definition) is 0. The van der Waals surface area contributed by atoms with E-state index in [1.807, 2.05) is 0 Å². The Hall–Kier alpha value is -1.42. The summed E-state index contributed by atoms with van der Waals surface area (Å²) < 4.78 is 0. The highest BCUT2D eigenvalue weighted by molar-refractivity contribution is 6.29.